The zero-order chi connectivity index (χ0) is 12.4. The molecule has 0 bridgehead atoms. The zero-order valence-electron chi connectivity index (χ0n) is 9.04. The molecule has 0 aromatic rings. The summed E-state index contributed by atoms with van der Waals surface area (Å²) in [5, 5.41) is 0. The maximum Gasteiger partial charge on any atom is 0.431 e. The monoisotopic (exact) mass is 260 g/mol. The van der Waals surface area contributed by atoms with Gasteiger partial charge in [0.15, 0.2) is 0 Å². The van der Waals surface area contributed by atoms with Crippen LogP contribution in [0.2, 0.25) is 0 Å². The van der Waals surface area contributed by atoms with Gasteiger partial charge in [-0.3, -0.25) is 0 Å². The van der Waals surface area contributed by atoms with Crippen molar-refractivity contribution in [2.24, 2.45) is 0 Å². The number of ether oxygens (including phenoxy) is 1. The largest absolute Gasteiger partial charge is 0.444 e. The van der Waals surface area contributed by atoms with Gasteiger partial charge in [-0.05, 0) is 12.8 Å². The Bertz CT molecular complexity index is 249. The lowest BCUT2D eigenvalue weighted by atomic mass is 10.5. The lowest BCUT2D eigenvalue weighted by Crippen LogP contribution is -2.25. The van der Waals surface area contributed by atoms with Gasteiger partial charge in [-0.25, -0.2) is 9.10 Å². The molecule has 0 spiro atoms. The van der Waals surface area contributed by atoms with Crippen molar-refractivity contribution in [1.29, 1.82) is 0 Å². The molecule has 0 atom stereocenters. The van der Waals surface area contributed by atoms with Crippen molar-refractivity contribution in [3.05, 3.63) is 38.0 Å². The van der Waals surface area contributed by atoms with Gasteiger partial charge in [-0.2, -0.15) is 3.71 Å². The molecule has 0 saturated heterocycles. The number of nitrogens with zero attached hydrogens (tertiary/aromatic N) is 2. The second-order valence-corrected chi connectivity index (χ2v) is 4.36. The van der Waals surface area contributed by atoms with Crippen LogP contribution in [0.1, 0.15) is 0 Å². The van der Waals surface area contributed by atoms with E-state index in [0.717, 1.165) is 15.8 Å². The van der Waals surface area contributed by atoms with Crippen molar-refractivity contribution >= 4 is 31.0 Å². The molecule has 0 fully saturated rings. The van der Waals surface area contributed by atoms with E-state index in [0.29, 0.717) is 13.1 Å². The smallest absolute Gasteiger partial charge is 0.431 e. The highest BCUT2D eigenvalue weighted by atomic mass is 32.2. The molecule has 0 aromatic carbocycles. The Morgan fingerprint density at radius 3 is 2.25 bits per heavy atom. The topological polar surface area (TPSA) is 32.8 Å². The molecule has 0 aliphatic rings. The van der Waals surface area contributed by atoms with Crippen LogP contribution in [0.3, 0.4) is 0 Å². The van der Waals surface area contributed by atoms with E-state index in [1.807, 2.05) is 4.31 Å². The molecule has 16 heavy (non-hydrogen) atoms. The van der Waals surface area contributed by atoms with Crippen LogP contribution in [0.25, 0.3) is 0 Å². The SMILES string of the molecule is C=CCOC(=O)N(S)SN(CC=C)CC=C. The minimum atomic E-state index is -0.536. The van der Waals surface area contributed by atoms with Crippen LogP contribution in [0, 0.1) is 0 Å². The quantitative estimate of drug-likeness (QED) is 0.413. The highest BCUT2D eigenvalue weighted by molar-refractivity contribution is 8.04. The fourth-order valence-corrected chi connectivity index (χ4v) is 1.81. The fourth-order valence-electron chi connectivity index (χ4n) is 0.757. The molecule has 0 aromatic heterocycles. The second-order valence-electron chi connectivity index (χ2n) is 2.64. The summed E-state index contributed by atoms with van der Waals surface area (Å²) < 4.78 is 7.76. The van der Waals surface area contributed by atoms with Gasteiger partial charge in [0.2, 0.25) is 0 Å². The van der Waals surface area contributed by atoms with Gasteiger partial charge >= 0.3 is 6.09 Å². The van der Waals surface area contributed by atoms with Crippen LogP contribution in [-0.4, -0.2) is 33.8 Å². The summed E-state index contributed by atoms with van der Waals surface area (Å²) in [4.78, 5) is 11.3. The first-order valence-corrected chi connectivity index (χ1v) is 5.70. The summed E-state index contributed by atoms with van der Waals surface area (Å²) in [5.41, 5.74) is 0. The molecular formula is C10H16N2O2S2. The van der Waals surface area contributed by atoms with Crippen molar-refractivity contribution in [3.8, 4) is 0 Å². The van der Waals surface area contributed by atoms with Gasteiger partial charge in [0.05, 0.1) is 12.1 Å². The maximum atomic E-state index is 11.3. The van der Waals surface area contributed by atoms with E-state index < -0.39 is 6.09 Å². The average molecular weight is 260 g/mol. The van der Waals surface area contributed by atoms with E-state index in [1.165, 1.54) is 6.08 Å². The standard InChI is InChI=1S/C10H16N2O2S2/c1-4-7-11(8-5-2)16-12(15)10(13)14-9-6-3/h4-6,15H,1-3,7-9H2. The predicted molar refractivity (Wildman–Crippen MR) is 71.9 cm³/mol. The average Bonchev–Trinajstić information content (AvgIpc) is 2.26. The van der Waals surface area contributed by atoms with Gasteiger partial charge in [-0.15, -0.1) is 13.2 Å². The number of thiol groups is 1. The molecule has 0 aliphatic heterocycles. The molecule has 0 rings (SSSR count). The molecule has 0 aliphatic carbocycles. The lowest BCUT2D eigenvalue weighted by Gasteiger charge is -2.21. The highest BCUT2D eigenvalue weighted by Crippen LogP contribution is 2.19. The third kappa shape index (κ3) is 6.60. The Morgan fingerprint density at radius 1 is 1.25 bits per heavy atom. The van der Waals surface area contributed by atoms with E-state index in [9.17, 15) is 4.79 Å². The van der Waals surface area contributed by atoms with Crippen molar-refractivity contribution in [1.82, 2.24) is 8.02 Å². The minimum Gasteiger partial charge on any atom is -0.444 e. The third-order valence-corrected chi connectivity index (χ3v) is 2.55. The van der Waals surface area contributed by atoms with Crippen molar-refractivity contribution in [3.63, 3.8) is 0 Å². The molecule has 4 nitrogen and oxygen atoms in total. The molecule has 1 amide bonds. The van der Waals surface area contributed by atoms with E-state index >= 15 is 0 Å². The van der Waals surface area contributed by atoms with Crippen LogP contribution >= 0.6 is 24.9 Å². The number of hydrogen-bond donors (Lipinski definition) is 1. The number of carbonyl (C=O) groups is 1. The second kappa shape index (κ2) is 9.38. The first-order chi connectivity index (χ1) is 7.65. The molecule has 90 valence electrons. The third-order valence-electron chi connectivity index (χ3n) is 1.34. The van der Waals surface area contributed by atoms with Gasteiger partial charge < -0.3 is 4.74 Å². The molecule has 0 heterocycles. The van der Waals surface area contributed by atoms with Crippen molar-refractivity contribution in [2.75, 3.05) is 19.7 Å². The number of carbonyl (C=O) groups excluding carboxylic acids is 1. The Kier molecular flexibility index (Phi) is 8.88. The molecule has 0 radical (unpaired) electrons. The van der Waals surface area contributed by atoms with E-state index in [2.05, 4.69) is 32.6 Å². The first kappa shape index (κ1) is 15.2. The van der Waals surface area contributed by atoms with Crippen LogP contribution in [0.15, 0.2) is 38.0 Å². The van der Waals surface area contributed by atoms with E-state index in [-0.39, 0.29) is 6.61 Å². The van der Waals surface area contributed by atoms with Crippen LogP contribution in [-0.2, 0) is 4.74 Å². The fraction of sp³-hybridized carbons (Fsp3) is 0.300. The van der Waals surface area contributed by atoms with Gasteiger partial charge in [0.25, 0.3) is 0 Å². The van der Waals surface area contributed by atoms with Crippen LogP contribution in [0.5, 0.6) is 0 Å². The summed E-state index contributed by atoms with van der Waals surface area (Å²) in [6.07, 6.45) is 4.42. The maximum absolute atomic E-state index is 11.3. The molecular weight excluding hydrogens is 244 g/mol. The molecule has 6 heteroatoms. The number of hydrogen-bond acceptors (Lipinski definition) is 5. The number of rotatable bonds is 8. The summed E-state index contributed by atoms with van der Waals surface area (Å²) in [6, 6.07) is 0. The van der Waals surface area contributed by atoms with Crippen LogP contribution in [0.4, 0.5) is 4.79 Å². The van der Waals surface area contributed by atoms with E-state index in [4.69, 9.17) is 4.74 Å². The Balaban J connectivity index is 4.09. The summed E-state index contributed by atoms with van der Waals surface area (Å²) >= 11 is 5.13. The molecule has 0 saturated carbocycles. The van der Waals surface area contributed by atoms with Gasteiger partial charge in [-0.1, -0.05) is 24.8 Å². The van der Waals surface area contributed by atoms with Gasteiger partial charge in [0.1, 0.15) is 6.61 Å². The minimum absolute atomic E-state index is 0.166. The van der Waals surface area contributed by atoms with Gasteiger partial charge in [0, 0.05) is 13.1 Å². The van der Waals surface area contributed by atoms with Crippen molar-refractivity contribution in [2.45, 2.75) is 0 Å². The normalized spacial score (nSPS) is 9.62. The highest BCUT2D eigenvalue weighted by Gasteiger charge is 2.15. The summed E-state index contributed by atoms with van der Waals surface area (Å²) in [6.45, 7) is 12.1. The molecule has 0 unspecified atom stereocenters. The first-order valence-electron chi connectivity index (χ1n) is 4.57. The lowest BCUT2D eigenvalue weighted by molar-refractivity contribution is 0.154. The predicted octanol–water partition coefficient (Wildman–Crippen LogP) is 2.69. The zero-order valence-corrected chi connectivity index (χ0v) is 10.8. The summed E-state index contributed by atoms with van der Waals surface area (Å²) in [5.74, 6) is 0. The Hall–Kier alpha value is -0.850. The number of amides is 1. The van der Waals surface area contributed by atoms with E-state index in [1.54, 1.807) is 12.2 Å². The Morgan fingerprint density at radius 2 is 1.81 bits per heavy atom. The van der Waals surface area contributed by atoms with Crippen LogP contribution < -0.4 is 0 Å². The van der Waals surface area contributed by atoms with Crippen molar-refractivity contribution < 1.29 is 9.53 Å². The Labute approximate surface area is 106 Å². The molecule has 0 N–H and O–H groups in total. The summed E-state index contributed by atoms with van der Waals surface area (Å²) in [7, 11) is 0.